The third-order valence-corrected chi connectivity index (χ3v) is 3.69. The molecule has 6 nitrogen and oxygen atoms in total. The second-order valence-electron chi connectivity index (χ2n) is 6.23. The van der Waals surface area contributed by atoms with Gasteiger partial charge in [-0.2, -0.15) is 0 Å². The minimum atomic E-state index is -0.180. The molecule has 0 radical (unpaired) electrons. The normalized spacial score (nSPS) is 14.5. The molecule has 0 atom stereocenters. The fourth-order valence-corrected chi connectivity index (χ4v) is 2.32. The van der Waals surface area contributed by atoms with Gasteiger partial charge in [-0.1, -0.05) is 13.8 Å². The Morgan fingerprint density at radius 2 is 1.88 bits per heavy atom. The standard InChI is InChI=1S/C18H26N2O4/c1-14(2)13-24-16-5-3-15(4-6-16)18(22)19-8-7-17(21)20-9-11-23-12-10-20/h3-6,14H,7-13H2,1-2H3,(H,19,22). The van der Waals surface area contributed by atoms with Crippen LogP contribution in [-0.4, -0.2) is 56.2 Å². The number of carbonyl (C=O) groups excluding carboxylic acids is 2. The van der Waals surface area contributed by atoms with Crippen LogP contribution >= 0.6 is 0 Å². The van der Waals surface area contributed by atoms with Crippen molar-refractivity contribution in [3.05, 3.63) is 29.8 Å². The van der Waals surface area contributed by atoms with Crippen molar-refractivity contribution in [2.24, 2.45) is 5.92 Å². The quantitative estimate of drug-likeness (QED) is 0.824. The van der Waals surface area contributed by atoms with E-state index >= 15 is 0 Å². The lowest BCUT2D eigenvalue weighted by atomic mass is 10.2. The summed E-state index contributed by atoms with van der Waals surface area (Å²) in [7, 11) is 0. The molecule has 6 heteroatoms. The molecule has 1 aromatic rings. The summed E-state index contributed by atoms with van der Waals surface area (Å²) >= 11 is 0. The molecule has 0 bridgehead atoms. The molecule has 2 amide bonds. The van der Waals surface area contributed by atoms with E-state index in [1.54, 1.807) is 29.2 Å². The van der Waals surface area contributed by atoms with E-state index in [1.165, 1.54) is 0 Å². The van der Waals surface area contributed by atoms with Crippen molar-refractivity contribution >= 4 is 11.8 Å². The van der Waals surface area contributed by atoms with Crippen molar-refractivity contribution in [2.75, 3.05) is 39.5 Å². The average molecular weight is 334 g/mol. The van der Waals surface area contributed by atoms with E-state index in [1.807, 2.05) is 0 Å². The minimum Gasteiger partial charge on any atom is -0.493 e. The molecule has 1 N–H and O–H groups in total. The summed E-state index contributed by atoms with van der Waals surface area (Å²) in [5.74, 6) is 1.08. The number of nitrogens with one attached hydrogen (secondary N) is 1. The average Bonchev–Trinajstić information content (AvgIpc) is 2.61. The molecule has 0 unspecified atom stereocenters. The lowest BCUT2D eigenvalue weighted by Crippen LogP contribution is -2.42. The van der Waals surface area contributed by atoms with Gasteiger partial charge < -0.3 is 19.7 Å². The molecule has 0 saturated carbocycles. The second kappa shape index (κ2) is 9.27. The van der Waals surface area contributed by atoms with Crippen LogP contribution in [0, 0.1) is 5.92 Å². The van der Waals surface area contributed by atoms with Gasteiger partial charge in [0.25, 0.3) is 5.91 Å². The van der Waals surface area contributed by atoms with E-state index in [0.29, 0.717) is 57.4 Å². The summed E-state index contributed by atoms with van der Waals surface area (Å²) in [6, 6.07) is 7.04. The van der Waals surface area contributed by atoms with Crippen molar-refractivity contribution < 1.29 is 19.1 Å². The van der Waals surface area contributed by atoms with E-state index in [-0.39, 0.29) is 11.8 Å². The van der Waals surface area contributed by atoms with Crippen molar-refractivity contribution in [3.8, 4) is 5.75 Å². The number of morpholine rings is 1. The number of rotatable bonds is 7. The first-order valence-corrected chi connectivity index (χ1v) is 8.43. The summed E-state index contributed by atoms with van der Waals surface area (Å²) in [5, 5.41) is 2.78. The van der Waals surface area contributed by atoms with E-state index < -0.39 is 0 Å². The first-order valence-electron chi connectivity index (χ1n) is 8.43. The molecular formula is C18H26N2O4. The van der Waals surface area contributed by atoms with Gasteiger partial charge in [0.05, 0.1) is 19.8 Å². The molecule has 2 rings (SSSR count). The van der Waals surface area contributed by atoms with Crippen molar-refractivity contribution in [3.63, 3.8) is 0 Å². The highest BCUT2D eigenvalue weighted by molar-refractivity contribution is 5.94. The number of amides is 2. The number of ether oxygens (including phenoxy) is 2. The highest BCUT2D eigenvalue weighted by atomic mass is 16.5. The molecule has 1 fully saturated rings. The SMILES string of the molecule is CC(C)COc1ccc(C(=O)NCCC(=O)N2CCOCC2)cc1. The van der Waals surface area contributed by atoms with Crippen LogP contribution in [0.1, 0.15) is 30.6 Å². The number of benzene rings is 1. The molecule has 0 aromatic heterocycles. The fourth-order valence-electron chi connectivity index (χ4n) is 2.32. The molecule has 0 aliphatic carbocycles. The molecule has 1 aromatic carbocycles. The number of hydrogen-bond acceptors (Lipinski definition) is 4. The van der Waals surface area contributed by atoms with Gasteiger partial charge in [-0.3, -0.25) is 9.59 Å². The lowest BCUT2D eigenvalue weighted by molar-refractivity contribution is -0.135. The Balaban J connectivity index is 1.72. The summed E-state index contributed by atoms with van der Waals surface area (Å²) in [6.07, 6.45) is 0.307. The van der Waals surface area contributed by atoms with Crippen LogP contribution in [0.2, 0.25) is 0 Å². The molecule has 1 heterocycles. The molecule has 24 heavy (non-hydrogen) atoms. The molecule has 132 valence electrons. The molecule has 1 aliphatic rings. The zero-order chi connectivity index (χ0) is 17.4. The van der Waals surface area contributed by atoms with Crippen molar-refractivity contribution in [1.82, 2.24) is 10.2 Å². The van der Waals surface area contributed by atoms with Crippen molar-refractivity contribution in [1.29, 1.82) is 0 Å². The predicted octanol–water partition coefficient (Wildman–Crippen LogP) is 1.70. The first kappa shape index (κ1) is 18.3. The maximum absolute atomic E-state index is 12.1. The van der Waals surface area contributed by atoms with Crippen LogP contribution < -0.4 is 10.1 Å². The predicted molar refractivity (Wildman–Crippen MR) is 91.1 cm³/mol. The van der Waals surface area contributed by atoms with Crippen LogP contribution in [0.15, 0.2) is 24.3 Å². The third kappa shape index (κ3) is 5.85. The van der Waals surface area contributed by atoms with Gasteiger partial charge in [0.15, 0.2) is 0 Å². The van der Waals surface area contributed by atoms with Gasteiger partial charge >= 0.3 is 0 Å². The van der Waals surface area contributed by atoms with Crippen LogP contribution in [-0.2, 0) is 9.53 Å². The van der Waals surface area contributed by atoms with Gasteiger partial charge in [-0.25, -0.2) is 0 Å². The monoisotopic (exact) mass is 334 g/mol. The minimum absolute atomic E-state index is 0.0519. The van der Waals surface area contributed by atoms with E-state index in [4.69, 9.17) is 9.47 Å². The van der Waals surface area contributed by atoms with E-state index in [2.05, 4.69) is 19.2 Å². The number of hydrogen-bond donors (Lipinski definition) is 1. The molecule has 0 spiro atoms. The molecular weight excluding hydrogens is 308 g/mol. The van der Waals surface area contributed by atoms with Gasteiger partial charge in [0, 0.05) is 31.6 Å². The maximum atomic E-state index is 12.1. The number of nitrogens with zero attached hydrogens (tertiary/aromatic N) is 1. The van der Waals surface area contributed by atoms with Gasteiger partial charge in [-0.05, 0) is 30.2 Å². The van der Waals surface area contributed by atoms with Gasteiger partial charge in [0.2, 0.25) is 5.91 Å². The molecule has 1 saturated heterocycles. The highest BCUT2D eigenvalue weighted by Crippen LogP contribution is 2.13. The van der Waals surface area contributed by atoms with Crippen LogP contribution in [0.4, 0.5) is 0 Å². The van der Waals surface area contributed by atoms with Crippen LogP contribution in [0.5, 0.6) is 5.75 Å². The topological polar surface area (TPSA) is 67.9 Å². The van der Waals surface area contributed by atoms with Crippen molar-refractivity contribution in [2.45, 2.75) is 20.3 Å². The lowest BCUT2D eigenvalue weighted by Gasteiger charge is -2.26. The van der Waals surface area contributed by atoms with Gasteiger partial charge in [-0.15, -0.1) is 0 Å². The Hall–Kier alpha value is -2.08. The van der Waals surface area contributed by atoms with E-state index in [0.717, 1.165) is 5.75 Å². The summed E-state index contributed by atoms with van der Waals surface area (Å²) in [6.45, 7) is 7.58. The Morgan fingerprint density at radius 3 is 2.50 bits per heavy atom. The highest BCUT2D eigenvalue weighted by Gasteiger charge is 2.16. The van der Waals surface area contributed by atoms with Gasteiger partial charge in [0.1, 0.15) is 5.75 Å². The molecule has 1 aliphatic heterocycles. The Labute approximate surface area is 143 Å². The van der Waals surface area contributed by atoms with E-state index in [9.17, 15) is 9.59 Å². The second-order valence-corrected chi connectivity index (χ2v) is 6.23. The zero-order valence-electron chi connectivity index (χ0n) is 14.4. The van der Waals surface area contributed by atoms with Crippen LogP contribution in [0.25, 0.3) is 0 Å². The Bertz CT molecular complexity index is 536. The smallest absolute Gasteiger partial charge is 0.251 e. The Kier molecular flexibility index (Phi) is 7.06. The zero-order valence-corrected chi connectivity index (χ0v) is 14.4. The summed E-state index contributed by atoms with van der Waals surface area (Å²) in [4.78, 5) is 25.8. The Morgan fingerprint density at radius 1 is 1.21 bits per heavy atom. The fraction of sp³-hybridized carbons (Fsp3) is 0.556. The number of carbonyl (C=O) groups is 2. The third-order valence-electron chi connectivity index (χ3n) is 3.69. The maximum Gasteiger partial charge on any atom is 0.251 e. The summed E-state index contributed by atoms with van der Waals surface area (Å²) in [5.41, 5.74) is 0.561. The largest absolute Gasteiger partial charge is 0.493 e. The first-order chi connectivity index (χ1) is 11.6. The summed E-state index contributed by atoms with van der Waals surface area (Å²) < 4.78 is 10.8. The van der Waals surface area contributed by atoms with Crippen LogP contribution in [0.3, 0.4) is 0 Å².